The number of aromatic nitrogens is 2. The third-order valence-corrected chi connectivity index (χ3v) is 5.25. The summed E-state index contributed by atoms with van der Waals surface area (Å²) in [4.78, 5) is 14.9. The van der Waals surface area contributed by atoms with Crippen molar-refractivity contribution in [3.8, 4) is 0 Å². The molecule has 1 aliphatic rings. The van der Waals surface area contributed by atoms with E-state index in [2.05, 4.69) is 51.8 Å². The molecular formula is C20H31Cl2N5O. The zero-order valence-corrected chi connectivity index (χ0v) is 18.6. The van der Waals surface area contributed by atoms with Gasteiger partial charge in [0.1, 0.15) is 0 Å². The summed E-state index contributed by atoms with van der Waals surface area (Å²) < 4.78 is 1.80. The Morgan fingerprint density at radius 2 is 1.93 bits per heavy atom. The van der Waals surface area contributed by atoms with Crippen LogP contribution in [0.5, 0.6) is 0 Å². The minimum Gasteiger partial charge on any atom is -0.322 e. The minimum atomic E-state index is 0. The summed E-state index contributed by atoms with van der Waals surface area (Å²) in [5.41, 5.74) is 5.25. The van der Waals surface area contributed by atoms with Gasteiger partial charge in [-0.25, -0.2) is 0 Å². The molecule has 156 valence electrons. The van der Waals surface area contributed by atoms with E-state index in [0.717, 1.165) is 43.1 Å². The van der Waals surface area contributed by atoms with Gasteiger partial charge in [-0.1, -0.05) is 31.2 Å². The van der Waals surface area contributed by atoms with E-state index in [9.17, 15) is 4.79 Å². The lowest BCUT2D eigenvalue weighted by Crippen LogP contribution is -2.48. The van der Waals surface area contributed by atoms with Crippen LogP contribution in [0.25, 0.3) is 0 Å². The van der Waals surface area contributed by atoms with Gasteiger partial charge < -0.3 is 10.6 Å². The van der Waals surface area contributed by atoms with Crippen molar-refractivity contribution >= 4 is 36.4 Å². The first kappa shape index (κ1) is 24.4. The summed E-state index contributed by atoms with van der Waals surface area (Å²) in [6.45, 7) is 9.07. The van der Waals surface area contributed by atoms with E-state index >= 15 is 0 Å². The molecule has 8 heteroatoms. The number of carbonyl (C=O) groups is 1. The van der Waals surface area contributed by atoms with Crippen LogP contribution in [0.3, 0.4) is 0 Å². The molecule has 1 aromatic carbocycles. The van der Waals surface area contributed by atoms with E-state index in [1.54, 1.807) is 4.68 Å². The first-order valence-electron chi connectivity index (χ1n) is 9.33. The number of carbonyl (C=O) groups excluding carboxylic acids is 1. The molecule has 3 rings (SSSR count). The third kappa shape index (κ3) is 5.47. The van der Waals surface area contributed by atoms with Crippen LogP contribution in [-0.4, -0.2) is 46.8 Å². The fourth-order valence-corrected chi connectivity index (χ4v) is 3.56. The molecule has 2 N–H and O–H groups in total. The predicted octanol–water partition coefficient (Wildman–Crippen LogP) is 3.03. The van der Waals surface area contributed by atoms with Crippen LogP contribution in [0.2, 0.25) is 0 Å². The molecule has 28 heavy (non-hydrogen) atoms. The predicted molar refractivity (Wildman–Crippen MR) is 119 cm³/mol. The van der Waals surface area contributed by atoms with Crippen molar-refractivity contribution in [2.45, 2.75) is 33.2 Å². The smallest absolute Gasteiger partial charge is 0.238 e. The summed E-state index contributed by atoms with van der Waals surface area (Å²) in [7, 11) is 1.89. The molecule has 2 heterocycles. The number of benzene rings is 1. The van der Waals surface area contributed by atoms with Crippen molar-refractivity contribution in [3.05, 3.63) is 46.8 Å². The molecule has 1 aromatic heterocycles. The zero-order valence-electron chi connectivity index (χ0n) is 17.0. The highest BCUT2D eigenvalue weighted by Crippen LogP contribution is 2.23. The summed E-state index contributed by atoms with van der Waals surface area (Å²) in [5.74, 6) is 0.0151. The van der Waals surface area contributed by atoms with E-state index in [-0.39, 0.29) is 36.8 Å². The Labute approximate surface area is 179 Å². The topological polar surface area (TPSA) is 62.2 Å². The van der Waals surface area contributed by atoms with Crippen LogP contribution in [0.4, 0.5) is 5.69 Å². The average Bonchev–Trinajstić information content (AvgIpc) is 2.88. The molecule has 0 bridgehead atoms. The summed E-state index contributed by atoms with van der Waals surface area (Å²) in [6.07, 6.45) is 1.04. The van der Waals surface area contributed by atoms with Gasteiger partial charge in [-0.05, 0) is 31.4 Å². The number of nitrogens with zero attached hydrogens (tertiary/aromatic N) is 3. The molecule has 6 nitrogen and oxygen atoms in total. The number of amides is 1. The van der Waals surface area contributed by atoms with Gasteiger partial charge in [0.05, 0.1) is 23.6 Å². The standard InChI is InChI=1S/C20H29N5O.2ClH/c1-5-16-6-8-17(9-7-16)18-12-21-10-11-25(18)13-19(26)22-20-14(2)23-24(4)15(20)3;;/h6-9,18,21H,5,10-13H2,1-4H3,(H,22,26);2*1H. The SMILES string of the molecule is CCc1ccc(C2CNCCN2CC(=O)Nc2c(C)nn(C)c2C)cc1.Cl.Cl. The Hall–Kier alpha value is -1.60. The number of piperazine rings is 1. The monoisotopic (exact) mass is 427 g/mol. The quantitative estimate of drug-likeness (QED) is 0.769. The normalized spacial score (nSPS) is 16.8. The van der Waals surface area contributed by atoms with Gasteiger partial charge in [0.25, 0.3) is 0 Å². The van der Waals surface area contributed by atoms with Crippen molar-refractivity contribution in [1.29, 1.82) is 0 Å². The minimum absolute atomic E-state index is 0. The van der Waals surface area contributed by atoms with Crippen molar-refractivity contribution in [2.75, 3.05) is 31.5 Å². The maximum atomic E-state index is 12.7. The van der Waals surface area contributed by atoms with E-state index in [1.807, 2.05) is 20.9 Å². The maximum absolute atomic E-state index is 12.7. The Morgan fingerprint density at radius 3 is 2.50 bits per heavy atom. The second kappa shape index (κ2) is 10.8. The first-order chi connectivity index (χ1) is 12.5. The summed E-state index contributed by atoms with van der Waals surface area (Å²) in [5, 5.41) is 10.9. The molecule has 1 fully saturated rings. The molecule has 0 radical (unpaired) electrons. The highest BCUT2D eigenvalue weighted by molar-refractivity contribution is 5.93. The molecule has 1 aliphatic heterocycles. The van der Waals surface area contributed by atoms with Gasteiger partial charge in [-0.3, -0.25) is 14.4 Å². The summed E-state index contributed by atoms with van der Waals surface area (Å²) >= 11 is 0. The van der Waals surface area contributed by atoms with Crippen LogP contribution in [0.1, 0.15) is 35.5 Å². The van der Waals surface area contributed by atoms with Crippen LogP contribution in [0.15, 0.2) is 24.3 Å². The second-order valence-electron chi connectivity index (χ2n) is 7.00. The van der Waals surface area contributed by atoms with E-state index in [0.29, 0.717) is 6.54 Å². The number of hydrogen-bond donors (Lipinski definition) is 2. The van der Waals surface area contributed by atoms with Gasteiger partial charge in [-0.2, -0.15) is 5.10 Å². The van der Waals surface area contributed by atoms with Gasteiger partial charge in [0.15, 0.2) is 0 Å². The molecule has 1 saturated heterocycles. The Bertz CT molecular complexity index is 776. The molecule has 0 saturated carbocycles. The van der Waals surface area contributed by atoms with Crippen LogP contribution in [-0.2, 0) is 18.3 Å². The number of rotatable bonds is 5. The molecule has 1 atom stereocenters. The molecule has 1 unspecified atom stereocenters. The van der Waals surface area contributed by atoms with Crippen LogP contribution in [0, 0.1) is 13.8 Å². The highest BCUT2D eigenvalue weighted by Gasteiger charge is 2.26. The molecule has 0 spiro atoms. The van der Waals surface area contributed by atoms with E-state index in [4.69, 9.17) is 0 Å². The van der Waals surface area contributed by atoms with E-state index in [1.165, 1.54) is 11.1 Å². The van der Waals surface area contributed by atoms with Crippen molar-refractivity contribution in [1.82, 2.24) is 20.0 Å². The summed E-state index contributed by atoms with van der Waals surface area (Å²) in [6, 6.07) is 8.97. The fraction of sp³-hybridized carbons (Fsp3) is 0.500. The lowest BCUT2D eigenvalue weighted by molar-refractivity contribution is -0.118. The van der Waals surface area contributed by atoms with Crippen molar-refractivity contribution in [2.24, 2.45) is 7.05 Å². The lowest BCUT2D eigenvalue weighted by Gasteiger charge is -2.36. The highest BCUT2D eigenvalue weighted by atomic mass is 35.5. The van der Waals surface area contributed by atoms with E-state index < -0.39 is 0 Å². The van der Waals surface area contributed by atoms with Gasteiger partial charge in [0.2, 0.25) is 5.91 Å². The number of aryl methyl sites for hydroxylation is 3. The number of halogens is 2. The first-order valence-corrected chi connectivity index (χ1v) is 9.33. The van der Waals surface area contributed by atoms with Gasteiger partial charge >= 0.3 is 0 Å². The van der Waals surface area contributed by atoms with Crippen LogP contribution >= 0.6 is 24.8 Å². The number of anilines is 1. The molecular weight excluding hydrogens is 397 g/mol. The molecule has 1 amide bonds. The van der Waals surface area contributed by atoms with Gasteiger partial charge in [-0.15, -0.1) is 24.8 Å². The third-order valence-electron chi connectivity index (χ3n) is 5.25. The number of hydrogen-bond acceptors (Lipinski definition) is 4. The molecule has 0 aliphatic carbocycles. The van der Waals surface area contributed by atoms with Gasteiger partial charge in [0, 0.05) is 32.7 Å². The second-order valence-corrected chi connectivity index (χ2v) is 7.00. The Kier molecular flexibility index (Phi) is 9.44. The van der Waals surface area contributed by atoms with Crippen molar-refractivity contribution in [3.63, 3.8) is 0 Å². The zero-order chi connectivity index (χ0) is 18.7. The Balaban J connectivity index is 0.00000196. The van der Waals surface area contributed by atoms with Crippen LogP contribution < -0.4 is 10.6 Å². The number of nitrogens with one attached hydrogen (secondary N) is 2. The average molecular weight is 428 g/mol. The largest absolute Gasteiger partial charge is 0.322 e. The maximum Gasteiger partial charge on any atom is 0.238 e. The molecule has 2 aromatic rings. The Morgan fingerprint density at radius 1 is 1.25 bits per heavy atom. The fourth-order valence-electron chi connectivity index (χ4n) is 3.56. The lowest BCUT2D eigenvalue weighted by atomic mass is 10.0. The van der Waals surface area contributed by atoms with Crippen molar-refractivity contribution < 1.29 is 4.79 Å².